The predicted molar refractivity (Wildman–Crippen MR) is 61.8 cm³/mol. The summed E-state index contributed by atoms with van der Waals surface area (Å²) in [5.74, 6) is 0.783. The van der Waals surface area contributed by atoms with Gasteiger partial charge in [0.1, 0.15) is 0 Å². The maximum atomic E-state index is 9.83. The molecule has 0 aromatic rings. The highest BCUT2D eigenvalue weighted by molar-refractivity contribution is 4.94. The number of β-amino-alcohol motifs (C(OH)–C–C–N with tert-alkyl or cyclic N) is 1. The Hall–Kier alpha value is -0.120. The molecule has 88 valence electrons. The van der Waals surface area contributed by atoms with Crippen LogP contribution in [0.2, 0.25) is 0 Å². The number of nitrogens with one attached hydrogen (secondary N) is 1. The number of hydrogen-bond donors (Lipinski definition) is 2. The SMILES string of the molecule is CC(C)(C)C1CCN(C2CNCC2O)C1. The molecule has 0 aliphatic carbocycles. The van der Waals surface area contributed by atoms with Crippen LogP contribution >= 0.6 is 0 Å². The van der Waals surface area contributed by atoms with E-state index in [4.69, 9.17) is 0 Å². The molecule has 2 N–H and O–H groups in total. The minimum absolute atomic E-state index is 0.163. The lowest BCUT2D eigenvalue weighted by Gasteiger charge is -2.30. The molecule has 0 spiro atoms. The minimum atomic E-state index is -0.163. The molecule has 3 unspecified atom stereocenters. The van der Waals surface area contributed by atoms with Crippen LogP contribution in [0.5, 0.6) is 0 Å². The Morgan fingerprint density at radius 1 is 1.27 bits per heavy atom. The Labute approximate surface area is 92.8 Å². The largest absolute Gasteiger partial charge is 0.390 e. The van der Waals surface area contributed by atoms with Crippen molar-refractivity contribution in [3.05, 3.63) is 0 Å². The first kappa shape index (κ1) is 11.4. The first-order valence-corrected chi connectivity index (χ1v) is 6.11. The fourth-order valence-electron chi connectivity index (χ4n) is 2.82. The zero-order valence-electron chi connectivity index (χ0n) is 10.2. The maximum Gasteiger partial charge on any atom is 0.0831 e. The van der Waals surface area contributed by atoms with E-state index in [-0.39, 0.29) is 6.10 Å². The van der Waals surface area contributed by atoms with E-state index in [2.05, 4.69) is 31.0 Å². The topological polar surface area (TPSA) is 35.5 Å². The summed E-state index contributed by atoms with van der Waals surface area (Å²) in [5.41, 5.74) is 0.408. The maximum absolute atomic E-state index is 9.83. The van der Waals surface area contributed by atoms with Gasteiger partial charge in [0.25, 0.3) is 0 Å². The average Bonchev–Trinajstić information content (AvgIpc) is 2.69. The highest BCUT2D eigenvalue weighted by Crippen LogP contribution is 2.34. The molecule has 0 amide bonds. The van der Waals surface area contributed by atoms with Gasteiger partial charge in [-0.2, -0.15) is 0 Å². The van der Waals surface area contributed by atoms with Gasteiger partial charge in [0.15, 0.2) is 0 Å². The molecular weight excluding hydrogens is 188 g/mol. The van der Waals surface area contributed by atoms with Crippen molar-refractivity contribution >= 4 is 0 Å². The van der Waals surface area contributed by atoms with Crippen LogP contribution in [-0.4, -0.2) is 48.3 Å². The van der Waals surface area contributed by atoms with Gasteiger partial charge in [-0.25, -0.2) is 0 Å². The van der Waals surface area contributed by atoms with E-state index in [1.54, 1.807) is 0 Å². The molecule has 3 nitrogen and oxygen atoms in total. The summed E-state index contributed by atoms with van der Waals surface area (Å²) in [4.78, 5) is 2.47. The van der Waals surface area contributed by atoms with Gasteiger partial charge in [0.05, 0.1) is 6.10 Å². The lowest BCUT2D eigenvalue weighted by atomic mass is 9.80. The Kier molecular flexibility index (Phi) is 3.06. The molecule has 0 bridgehead atoms. The van der Waals surface area contributed by atoms with Crippen LogP contribution in [0, 0.1) is 11.3 Å². The number of aliphatic hydroxyl groups excluding tert-OH is 1. The number of aliphatic hydroxyl groups is 1. The molecule has 2 saturated heterocycles. The normalized spacial score (nSPS) is 38.8. The van der Waals surface area contributed by atoms with Crippen LogP contribution in [0.3, 0.4) is 0 Å². The van der Waals surface area contributed by atoms with E-state index in [9.17, 15) is 5.11 Å². The van der Waals surface area contributed by atoms with Gasteiger partial charge < -0.3 is 10.4 Å². The van der Waals surface area contributed by atoms with E-state index in [0.717, 1.165) is 32.1 Å². The van der Waals surface area contributed by atoms with Crippen molar-refractivity contribution in [3.63, 3.8) is 0 Å². The molecule has 2 aliphatic heterocycles. The number of nitrogens with zero attached hydrogens (tertiary/aromatic N) is 1. The van der Waals surface area contributed by atoms with Crippen LogP contribution in [0.4, 0.5) is 0 Å². The lowest BCUT2D eigenvalue weighted by molar-refractivity contribution is 0.0908. The van der Waals surface area contributed by atoms with Gasteiger partial charge in [-0.05, 0) is 24.3 Å². The van der Waals surface area contributed by atoms with Gasteiger partial charge in [-0.1, -0.05) is 20.8 Å². The van der Waals surface area contributed by atoms with Crippen molar-refractivity contribution in [1.29, 1.82) is 0 Å². The average molecular weight is 212 g/mol. The Morgan fingerprint density at radius 2 is 2.00 bits per heavy atom. The Balaban J connectivity index is 1.92. The van der Waals surface area contributed by atoms with Crippen molar-refractivity contribution in [3.8, 4) is 0 Å². The quantitative estimate of drug-likeness (QED) is 0.671. The van der Waals surface area contributed by atoms with Crippen LogP contribution < -0.4 is 5.32 Å². The molecule has 3 heteroatoms. The van der Waals surface area contributed by atoms with Gasteiger partial charge in [0.2, 0.25) is 0 Å². The standard InChI is InChI=1S/C12H24N2O/c1-12(2,3)9-4-5-14(8-9)10-6-13-7-11(10)15/h9-11,13,15H,4-8H2,1-3H3. The molecule has 2 rings (SSSR count). The third-order valence-electron chi connectivity index (χ3n) is 4.06. The van der Waals surface area contributed by atoms with Crippen LogP contribution in [0.1, 0.15) is 27.2 Å². The zero-order valence-corrected chi connectivity index (χ0v) is 10.2. The van der Waals surface area contributed by atoms with Gasteiger partial charge in [0, 0.05) is 25.7 Å². The number of likely N-dealkylation sites (tertiary alicyclic amines) is 1. The highest BCUT2D eigenvalue weighted by atomic mass is 16.3. The molecule has 0 aromatic carbocycles. The Morgan fingerprint density at radius 3 is 2.47 bits per heavy atom. The Bertz CT molecular complexity index is 224. The first-order valence-electron chi connectivity index (χ1n) is 6.11. The van der Waals surface area contributed by atoms with Gasteiger partial charge in [-0.3, -0.25) is 4.90 Å². The molecule has 2 heterocycles. The second-order valence-corrected chi connectivity index (χ2v) is 6.14. The number of hydrogen-bond acceptors (Lipinski definition) is 3. The van der Waals surface area contributed by atoms with Crippen molar-refractivity contribution in [2.45, 2.75) is 39.3 Å². The molecule has 2 aliphatic rings. The third kappa shape index (κ3) is 2.35. The lowest BCUT2D eigenvalue weighted by Crippen LogP contribution is -2.42. The minimum Gasteiger partial charge on any atom is -0.390 e. The molecule has 0 aromatic heterocycles. The second kappa shape index (κ2) is 4.04. The summed E-state index contributed by atoms with van der Waals surface area (Å²) in [6.45, 7) is 11.0. The zero-order chi connectivity index (χ0) is 11.1. The summed E-state index contributed by atoms with van der Waals surface area (Å²) in [5, 5.41) is 13.1. The van der Waals surface area contributed by atoms with Crippen LogP contribution in [-0.2, 0) is 0 Å². The van der Waals surface area contributed by atoms with E-state index < -0.39 is 0 Å². The second-order valence-electron chi connectivity index (χ2n) is 6.14. The van der Waals surface area contributed by atoms with E-state index in [1.807, 2.05) is 0 Å². The van der Waals surface area contributed by atoms with E-state index in [0.29, 0.717) is 11.5 Å². The molecule has 0 radical (unpaired) electrons. The van der Waals surface area contributed by atoms with Crippen LogP contribution in [0.25, 0.3) is 0 Å². The summed E-state index contributed by atoms with van der Waals surface area (Å²) >= 11 is 0. The van der Waals surface area contributed by atoms with E-state index >= 15 is 0 Å². The van der Waals surface area contributed by atoms with Crippen molar-refractivity contribution < 1.29 is 5.11 Å². The third-order valence-corrected chi connectivity index (χ3v) is 4.06. The van der Waals surface area contributed by atoms with Crippen molar-refractivity contribution in [2.24, 2.45) is 11.3 Å². The first-order chi connectivity index (χ1) is 6.98. The predicted octanol–water partition coefficient (Wildman–Crippen LogP) is 0.687. The molecule has 3 atom stereocenters. The van der Waals surface area contributed by atoms with Crippen LogP contribution in [0.15, 0.2) is 0 Å². The summed E-state index contributed by atoms with van der Waals surface area (Å²) < 4.78 is 0. The smallest absolute Gasteiger partial charge is 0.0831 e. The molecule has 15 heavy (non-hydrogen) atoms. The molecular formula is C12H24N2O. The van der Waals surface area contributed by atoms with Gasteiger partial charge in [-0.15, -0.1) is 0 Å². The summed E-state index contributed by atoms with van der Waals surface area (Å²) in [6.07, 6.45) is 1.12. The highest BCUT2D eigenvalue weighted by Gasteiger charge is 2.38. The van der Waals surface area contributed by atoms with Crippen molar-refractivity contribution in [2.75, 3.05) is 26.2 Å². The molecule has 2 fully saturated rings. The summed E-state index contributed by atoms with van der Waals surface area (Å²) in [6, 6.07) is 0.359. The van der Waals surface area contributed by atoms with Gasteiger partial charge >= 0.3 is 0 Å². The van der Waals surface area contributed by atoms with E-state index in [1.165, 1.54) is 6.42 Å². The fraction of sp³-hybridized carbons (Fsp3) is 1.00. The molecule has 0 saturated carbocycles. The van der Waals surface area contributed by atoms with Crippen molar-refractivity contribution in [1.82, 2.24) is 10.2 Å². The number of rotatable bonds is 1. The fourth-order valence-corrected chi connectivity index (χ4v) is 2.82. The monoisotopic (exact) mass is 212 g/mol. The summed E-state index contributed by atoms with van der Waals surface area (Å²) in [7, 11) is 0.